The van der Waals surface area contributed by atoms with Crippen molar-refractivity contribution in [3.63, 3.8) is 0 Å². The summed E-state index contributed by atoms with van der Waals surface area (Å²) in [6.45, 7) is 2.20. The van der Waals surface area contributed by atoms with E-state index in [1.54, 1.807) is 47.3 Å². The molecule has 4 aromatic rings. The van der Waals surface area contributed by atoms with E-state index in [0.717, 1.165) is 35.9 Å². The second-order valence-electron chi connectivity index (χ2n) is 5.75. The molecule has 3 aromatic heterocycles. The maximum atomic E-state index is 4.80. The molecule has 3 heterocycles. The van der Waals surface area contributed by atoms with Crippen molar-refractivity contribution in [3.8, 4) is 11.4 Å². The molecule has 1 aromatic carbocycles. The van der Waals surface area contributed by atoms with Gasteiger partial charge < -0.3 is 0 Å². The predicted octanol–water partition coefficient (Wildman–Crippen LogP) is 5.59. The summed E-state index contributed by atoms with van der Waals surface area (Å²) in [6, 6.07) is 11.9. The highest BCUT2D eigenvalue weighted by Crippen LogP contribution is 2.36. The number of rotatable bonds is 7. The number of hydrogen-bond donors (Lipinski definition) is 0. The average Bonchev–Trinajstić information content (AvgIpc) is 3.16. The van der Waals surface area contributed by atoms with Gasteiger partial charge in [-0.1, -0.05) is 54.6 Å². The van der Waals surface area contributed by atoms with Gasteiger partial charge in [0.1, 0.15) is 5.03 Å². The van der Waals surface area contributed by atoms with Crippen molar-refractivity contribution in [2.24, 2.45) is 0 Å². The largest absolute Gasteiger partial charge is 0.264 e. The molecule has 0 saturated heterocycles. The van der Waals surface area contributed by atoms with Crippen molar-refractivity contribution in [2.45, 2.75) is 33.5 Å². The maximum Gasteiger partial charge on any atom is 0.181 e. The van der Waals surface area contributed by atoms with E-state index in [2.05, 4.69) is 22.1 Å². The van der Waals surface area contributed by atoms with Gasteiger partial charge in [0.05, 0.1) is 5.52 Å². The highest BCUT2D eigenvalue weighted by atomic mass is 32.2. The average molecular weight is 412 g/mol. The number of hydrogen-bond acceptors (Lipinski definition) is 8. The molecule has 136 valence electrons. The Morgan fingerprint density at radius 3 is 2.74 bits per heavy atom. The van der Waals surface area contributed by atoms with Crippen LogP contribution in [0, 0.1) is 0 Å². The van der Waals surface area contributed by atoms with Crippen molar-refractivity contribution >= 4 is 45.8 Å². The standard InChI is InChI=1S/C19H17N5S3/c1-2-3-11-25-18-23-24-19(27-18)26-17-14-8-4-5-9-15(14)21-16(22-17)13-7-6-10-20-12-13/h4-10,12H,2-3,11H2,1H3. The lowest BCUT2D eigenvalue weighted by atomic mass is 10.2. The molecule has 0 spiro atoms. The lowest BCUT2D eigenvalue weighted by Gasteiger charge is -2.07. The number of fused-ring (bicyclic) bond motifs is 1. The predicted molar refractivity (Wildman–Crippen MR) is 112 cm³/mol. The molecular formula is C19H17N5S3. The Morgan fingerprint density at radius 1 is 1.00 bits per heavy atom. The van der Waals surface area contributed by atoms with Crippen LogP contribution < -0.4 is 0 Å². The van der Waals surface area contributed by atoms with Crippen LogP contribution in [0.15, 0.2) is 62.5 Å². The summed E-state index contributed by atoms with van der Waals surface area (Å²) >= 11 is 4.94. The Bertz CT molecular complexity index is 1040. The molecule has 5 nitrogen and oxygen atoms in total. The molecule has 0 N–H and O–H groups in total. The van der Waals surface area contributed by atoms with Gasteiger partial charge in [0.2, 0.25) is 0 Å². The quantitative estimate of drug-likeness (QED) is 0.223. The molecule has 0 saturated carbocycles. The van der Waals surface area contributed by atoms with Gasteiger partial charge in [0.25, 0.3) is 0 Å². The number of benzene rings is 1. The van der Waals surface area contributed by atoms with E-state index < -0.39 is 0 Å². The highest BCUT2D eigenvalue weighted by Gasteiger charge is 2.13. The van der Waals surface area contributed by atoms with Crippen LogP contribution >= 0.6 is 34.9 Å². The van der Waals surface area contributed by atoms with E-state index in [0.29, 0.717) is 5.82 Å². The zero-order chi connectivity index (χ0) is 18.5. The van der Waals surface area contributed by atoms with Gasteiger partial charge in [-0.2, -0.15) is 0 Å². The summed E-state index contributed by atoms with van der Waals surface area (Å²) < 4.78 is 1.91. The summed E-state index contributed by atoms with van der Waals surface area (Å²) in [5.74, 6) is 1.75. The third-order valence-corrected chi connectivity index (χ3v) is 6.98. The first-order valence-corrected chi connectivity index (χ1v) is 11.3. The maximum absolute atomic E-state index is 4.80. The Kier molecular flexibility index (Phi) is 5.96. The van der Waals surface area contributed by atoms with Crippen molar-refractivity contribution in [1.29, 1.82) is 0 Å². The summed E-state index contributed by atoms with van der Waals surface area (Å²) in [4.78, 5) is 13.7. The molecule has 0 bridgehead atoms. The monoisotopic (exact) mass is 411 g/mol. The Balaban J connectivity index is 1.66. The van der Waals surface area contributed by atoms with Crippen LogP contribution in [0.3, 0.4) is 0 Å². The van der Waals surface area contributed by atoms with Crippen molar-refractivity contribution in [3.05, 3.63) is 48.8 Å². The number of nitrogens with zero attached hydrogens (tertiary/aromatic N) is 5. The van der Waals surface area contributed by atoms with Crippen LogP contribution in [0.1, 0.15) is 19.8 Å². The molecule has 4 rings (SSSR count). The van der Waals surface area contributed by atoms with Gasteiger partial charge in [-0.05, 0) is 36.4 Å². The molecule has 0 aliphatic rings. The van der Waals surface area contributed by atoms with E-state index in [9.17, 15) is 0 Å². The van der Waals surface area contributed by atoms with Crippen LogP contribution in [0.25, 0.3) is 22.3 Å². The lowest BCUT2D eigenvalue weighted by molar-refractivity contribution is 0.892. The molecule has 27 heavy (non-hydrogen) atoms. The first-order chi connectivity index (χ1) is 13.3. The van der Waals surface area contributed by atoms with E-state index in [1.807, 2.05) is 36.4 Å². The Morgan fingerprint density at radius 2 is 1.89 bits per heavy atom. The van der Waals surface area contributed by atoms with Crippen LogP contribution in [-0.2, 0) is 0 Å². The molecule has 0 fully saturated rings. The van der Waals surface area contributed by atoms with Crippen LogP contribution in [0.2, 0.25) is 0 Å². The van der Waals surface area contributed by atoms with Gasteiger partial charge in [0.15, 0.2) is 14.5 Å². The minimum Gasteiger partial charge on any atom is -0.264 e. The Labute approximate surface area is 170 Å². The second kappa shape index (κ2) is 8.77. The third kappa shape index (κ3) is 4.45. The number of aromatic nitrogens is 5. The van der Waals surface area contributed by atoms with Gasteiger partial charge in [-0.15, -0.1) is 10.2 Å². The molecule has 0 amide bonds. The fourth-order valence-electron chi connectivity index (χ4n) is 2.43. The van der Waals surface area contributed by atoms with Crippen LogP contribution in [-0.4, -0.2) is 30.9 Å². The first kappa shape index (κ1) is 18.3. The fourth-order valence-corrected chi connectivity index (χ4v) is 5.63. The SMILES string of the molecule is CCCCSc1nnc(Sc2nc(-c3cccnc3)nc3ccccc23)s1. The van der Waals surface area contributed by atoms with Crippen molar-refractivity contribution in [2.75, 3.05) is 5.75 Å². The highest BCUT2D eigenvalue weighted by molar-refractivity contribution is 8.03. The topological polar surface area (TPSA) is 64.5 Å². The molecular weight excluding hydrogens is 394 g/mol. The number of para-hydroxylation sites is 1. The van der Waals surface area contributed by atoms with E-state index in [-0.39, 0.29) is 0 Å². The second-order valence-corrected chi connectivity index (χ2v) is 9.30. The third-order valence-electron chi connectivity index (χ3n) is 3.78. The summed E-state index contributed by atoms with van der Waals surface area (Å²) in [6.07, 6.45) is 5.92. The molecule has 8 heteroatoms. The number of pyridine rings is 1. The van der Waals surface area contributed by atoms with Crippen molar-refractivity contribution in [1.82, 2.24) is 25.1 Å². The smallest absolute Gasteiger partial charge is 0.181 e. The summed E-state index contributed by atoms with van der Waals surface area (Å²) in [7, 11) is 0. The van der Waals surface area contributed by atoms with Gasteiger partial charge in [-0.25, -0.2) is 9.97 Å². The summed E-state index contributed by atoms with van der Waals surface area (Å²) in [5, 5.41) is 10.5. The van der Waals surface area contributed by atoms with Gasteiger partial charge >= 0.3 is 0 Å². The normalized spacial score (nSPS) is 11.1. The molecule has 0 atom stereocenters. The zero-order valence-corrected chi connectivity index (χ0v) is 17.2. The van der Waals surface area contributed by atoms with E-state index in [4.69, 9.17) is 9.97 Å². The van der Waals surface area contributed by atoms with Gasteiger partial charge in [-0.3, -0.25) is 4.98 Å². The molecule has 0 aliphatic heterocycles. The molecule has 0 radical (unpaired) electrons. The van der Waals surface area contributed by atoms with Crippen molar-refractivity contribution < 1.29 is 0 Å². The minimum atomic E-state index is 0.673. The number of unbranched alkanes of at least 4 members (excludes halogenated alkanes) is 1. The van der Waals surface area contributed by atoms with Crippen LogP contribution in [0.4, 0.5) is 0 Å². The molecule has 0 unspecified atom stereocenters. The summed E-state index contributed by atoms with van der Waals surface area (Å²) in [5.41, 5.74) is 1.81. The Hall–Kier alpha value is -2.03. The van der Waals surface area contributed by atoms with E-state index >= 15 is 0 Å². The van der Waals surface area contributed by atoms with Crippen LogP contribution in [0.5, 0.6) is 0 Å². The minimum absolute atomic E-state index is 0.673. The first-order valence-electron chi connectivity index (χ1n) is 8.65. The lowest BCUT2D eigenvalue weighted by Crippen LogP contribution is -1.94. The molecule has 0 aliphatic carbocycles. The fraction of sp³-hybridized carbons (Fsp3) is 0.211. The number of thioether (sulfide) groups is 1. The van der Waals surface area contributed by atoms with Gasteiger partial charge in [0, 0.05) is 29.1 Å². The van der Waals surface area contributed by atoms with E-state index in [1.165, 1.54) is 12.8 Å². The zero-order valence-electron chi connectivity index (χ0n) is 14.7.